The fraction of sp³-hybridized carbons (Fsp3) is 0.429. The van der Waals surface area contributed by atoms with Gasteiger partial charge in [0.1, 0.15) is 5.75 Å². The maximum atomic E-state index is 5.94. The zero-order valence-corrected chi connectivity index (χ0v) is 12.2. The van der Waals surface area contributed by atoms with Crippen molar-refractivity contribution in [2.45, 2.75) is 39.3 Å². The van der Waals surface area contributed by atoms with Crippen molar-refractivity contribution >= 4 is 15.1 Å². The van der Waals surface area contributed by atoms with Crippen LogP contribution in [0.15, 0.2) is 24.8 Å². The van der Waals surface area contributed by atoms with E-state index in [1.807, 2.05) is 6.08 Å². The highest BCUT2D eigenvalue weighted by atomic mass is 28.3. The van der Waals surface area contributed by atoms with Gasteiger partial charge < -0.3 is 4.43 Å². The molecule has 0 unspecified atom stereocenters. The first-order chi connectivity index (χ1) is 7.34. The van der Waals surface area contributed by atoms with Gasteiger partial charge in [-0.15, -0.1) is 0 Å². The Labute approximate surface area is 101 Å². The molecule has 0 saturated heterocycles. The lowest BCUT2D eigenvalue weighted by molar-refractivity contribution is 0.559. The SMILES string of the molecule is C=Cc1ccc(C(C)(C)C)cc1O[SiH](C)C. The molecule has 0 aliphatic carbocycles. The molecule has 0 spiro atoms. The molecule has 0 amide bonds. The quantitative estimate of drug-likeness (QED) is 0.719. The Kier molecular flexibility index (Phi) is 3.97. The summed E-state index contributed by atoms with van der Waals surface area (Å²) in [6, 6.07) is 6.41. The fourth-order valence-electron chi connectivity index (χ4n) is 1.53. The van der Waals surface area contributed by atoms with Crippen LogP contribution in [0.25, 0.3) is 6.08 Å². The van der Waals surface area contributed by atoms with Crippen molar-refractivity contribution in [1.29, 1.82) is 0 Å². The third-order valence-corrected chi connectivity index (χ3v) is 3.19. The summed E-state index contributed by atoms with van der Waals surface area (Å²) in [6.45, 7) is 14.8. The molecular weight excluding hydrogens is 212 g/mol. The van der Waals surface area contributed by atoms with Crippen molar-refractivity contribution in [3.05, 3.63) is 35.9 Å². The molecule has 0 bridgehead atoms. The molecule has 0 aliphatic heterocycles. The van der Waals surface area contributed by atoms with Gasteiger partial charge in [-0.25, -0.2) is 0 Å². The van der Waals surface area contributed by atoms with E-state index in [0.29, 0.717) is 0 Å². The summed E-state index contributed by atoms with van der Waals surface area (Å²) in [5.41, 5.74) is 2.56. The highest BCUT2D eigenvalue weighted by Crippen LogP contribution is 2.29. The van der Waals surface area contributed by atoms with E-state index in [-0.39, 0.29) is 5.41 Å². The lowest BCUT2D eigenvalue weighted by atomic mass is 9.86. The summed E-state index contributed by atoms with van der Waals surface area (Å²) < 4.78 is 5.94. The summed E-state index contributed by atoms with van der Waals surface area (Å²) in [6.07, 6.45) is 1.86. The van der Waals surface area contributed by atoms with Crippen LogP contribution in [-0.4, -0.2) is 9.04 Å². The highest BCUT2D eigenvalue weighted by Gasteiger charge is 2.15. The molecule has 0 aliphatic rings. The second-order valence-corrected chi connectivity index (χ2v) is 7.71. The van der Waals surface area contributed by atoms with Gasteiger partial charge in [-0.3, -0.25) is 0 Å². The van der Waals surface area contributed by atoms with Crippen LogP contribution in [0.5, 0.6) is 5.75 Å². The second kappa shape index (κ2) is 4.87. The molecule has 16 heavy (non-hydrogen) atoms. The van der Waals surface area contributed by atoms with E-state index >= 15 is 0 Å². The van der Waals surface area contributed by atoms with Crippen LogP contribution in [0.2, 0.25) is 13.1 Å². The molecule has 1 aromatic carbocycles. The molecule has 0 N–H and O–H groups in total. The molecule has 2 heteroatoms. The molecule has 0 atom stereocenters. The summed E-state index contributed by atoms with van der Waals surface area (Å²) in [7, 11) is -1.06. The van der Waals surface area contributed by atoms with Gasteiger partial charge >= 0.3 is 0 Å². The van der Waals surface area contributed by atoms with Gasteiger partial charge in [-0.1, -0.05) is 45.6 Å². The number of benzene rings is 1. The van der Waals surface area contributed by atoms with E-state index in [0.717, 1.165) is 11.3 Å². The first-order valence-electron chi connectivity index (χ1n) is 5.78. The van der Waals surface area contributed by atoms with Crippen LogP contribution in [0.3, 0.4) is 0 Å². The average Bonchev–Trinajstić information content (AvgIpc) is 2.15. The standard InChI is InChI=1S/C14H22OSi/c1-7-11-8-9-12(14(2,3)4)10-13(11)15-16(5)6/h7-10,16H,1H2,2-6H3. The molecule has 0 aromatic heterocycles. The van der Waals surface area contributed by atoms with Crippen molar-refractivity contribution in [2.24, 2.45) is 0 Å². The van der Waals surface area contributed by atoms with Crippen LogP contribution in [0, 0.1) is 0 Å². The maximum Gasteiger partial charge on any atom is 0.229 e. The van der Waals surface area contributed by atoms with E-state index in [1.54, 1.807) is 0 Å². The van der Waals surface area contributed by atoms with Gasteiger partial charge in [0.2, 0.25) is 9.04 Å². The molecule has 0 radical (unpaired) electrons. The normalized spacial score (nSPS) is 11.6. The minimum absolute atomic E-state index is 0.163. The van der Waals surface area contributed by atoms with Gasteiger partial charge in [-0.2, -0.15) is 0 Å². The van der Waals surface area contributed by atoms with Crippen LogP contribution < -0.4 is 4.43 Å². The maximum absolute atomic E-state index is 5.94. The number of rotatable bonds is 3. The molecular formula is C14H22OSi. The van der Waals surface area contributed by atoms with Gasteiger partial charge in [0.15, 0.2) is 0 Å². The Bertz CT molecular complexity index is 375. The smallest absolute Gasteiger partial charge is 0.229 e. The molecule has 0 saturated carbocycles. The molecule has 88 valence electrons. The van der Waals surface area contributed by atoms with Gasteiger partial charge in [0, 0.05) is 5.56 Å². The second-order valence-electron chi connectivity index (χ2n) is 5.37. The fourth-order valence-corrected chi connectivity index (χ4v) is 2.24. The Balaban J connectivity index is 3.16. The van der Waals surface area contributed by atoms with E-state index in [4.69, 9.17) is 4.43 Å². The molecule has 0 heterocycles. The van der Waals surface area contributed by atoms with Gasteiger partial charge in [-0.05, 0) is 30.1 Å². The van der Waals surface area contributed by atoms with Gasteiger partial charge in [0.25, 0.3) is 0 Å². The Morgan fingerprint density at radius 3 is 2.31 bits per heavy atom. The highest BCUT2D eigenvalue weighted by molar-refractivity contribution is 6.49. The van der Waals surface area contributed by atoms with Crippen molar-refractivity contribution in [2.75, 3.05) is 0 Å². The zero-order chi connectivity index (χ0) is 12.3. The summed E-state index contributed by atoms with van der Waals surface area (Å²) in [5.74, 6) is 0.990. The van der Waals surface area contributed by atoms with Crippen molar-refractivity contribution in [3.8, 4) is 5.75 Å². The van der Waals surface area contributed by atoms with Crippen LogP contribution in [-0.2, 0) is 5.41 Å². The lowest BCUT2D eigenvalue weighted by Crippen LogP contribution is -2.15. The summed E-state index contributed by atoms with van der Waals surface area (Å²) in [4.78, 5) is 0. The third-order valence-electron chi connectivity index (χ3n) is 2.46. The summed E-state index contributed by atoms with van der Waals surface area (Å²) in [5, 5.41) is 0. The Hall–Kier alpha value is -1.02. The predicted molar refractivity (Wildman–Crippen MR) is 74.7 cm³/mol. The minimum atomic E-state index is -1.06. The molecule has 1 aromatic rings. The monoisotopic (exact) mass is 234 g/mol. The largest absolute Gasteiger partial charge is 0.547 e. The number of hydrogen-bond donors (Lipinski definition) is 0. The Morgan fingerprint density at radius 2 is 1.88 bits per heavy atom. The van der Waals surface area contributed by atoms with Crippen LogP contribution >= 0.6 is 0 Å². The number of hydrogen-bond acceptors (Lipinski definition) is 1. The van der Waals surface area contributed by atoms with Crippen LogP contribution in [0.4, 0.5) is 0 Å². The van der Waals surface area contributed by atoms with Crippen molar-refractivity contribution in [1.82, 2.24) is 0 Å². The first kappa shape index (κ1) is 13.0. The lowest BCUT2D eigenvalue weighted by Gasteiger charge is -2.21. The van der Waals surface area contributed by atoms with E-state index < -0.39 is 9.04 Å². The Morgan fingerprint density at radius 1 is 1.25 bits per heavy atom. The third kappa shape index (κ3) is 3.24. The average molecular weight is 234 g/mol. The van der Waals surface area contributed by atoms with E-state index in [1.165, 1.54) is 5.56 Å². The van der Waals surface area contributed by atoms with Crippen molar-refractivity contribution in [3.63, 3.8) is 0 Å². The van der Waals surface area contributed by atoms with Crippen molar-refractivity contribution < 1.29 is 4.43 Å². The first-order valence-corrected chi connectivity index (χ1v) is 8.56. The minimum Gasteiger partial charge on any atom is -0.547 e. The predicted octanol–water partition coefficient (Wildman–Crippen LogP) is 3.99. The zero-order valence-electron chi connectivity index (χ0n) is 11.0. The van der Waals surface area contributed by atoms with E-state index in [9.17, 15) is 0 Å². The topological polar surface area (TPSA) is 9.23 Å². The molecule has 1 rings (SSSR count). The van der Waals surface area contributed by atoms with E-state index in [2.05, 4.69) is 58.6 Å². The van der Waals surface area contributed by atoms with Gasteiger partial charge in [0.05, 0.1) is 0 Å². The molecule has 0 fully saturated rings. The molecule has 1 nitrogen and oxygen atoms in total. The van der Waals surface area contributed by atoms with Crippen LogP contribution in [0.1, 0.15) is 31.9 Å². The summed E-state index contributed by atoms with van der Waals surface area (Å²) >= 11 is 0.